The van der Waals surface area contributed by atoms with Crippen molar-refractivity contribution < 1.29 is 4.39 Å². The first-order chi connectivity index (χ1) is 8.20. The van der Waals surface area contributed by atoms with Gasteiger partial charge in [0.15, 0.2) is 0 Å². The number of halogens is 2. The van der Waals surface area contributed by atoms with Gasteiger partial charge in [-0.15, -0.1) is 0 Å². The third-order valence-electron chi connectivity index (χ3n) is 2.33. The number of anilines is 2. The van der Waals surface area contributed by atoms with Crippen LogP contribution in [0.1, 0.15) is 6.92 Å². The van der Waals surface area contributed by atoms with Gasteiger partial charge in [-0.1, -0.05) is 17.7 Å². The van der Waals surface area contributed by atoms with E-state index < -0.39 is 0 Å². The maximum absolute atomic E-state index is 13.2. The molecule has 0 spiro atoms. The van der Waals surface area contributed by atoms with Gasteiger partial charge in [0, 0.05) is 18.3 Å². The van der Waals surface area contributed by atoms with Crippen molar-refractivity contribution in [2.45, 2.75) is 6.92 Å². The predicted molar refractivity (Wildman–Crippen MR) is 66.1 cm³/mol. The molecule has 3 nitrogen and oxygen atoms in total. The van der Waals surface area contributed by atoms with Crippen molar-refractivity contribution >= 4 is 23.1 Å². The molecule has 0 saturated heterocycles. The quantitative estimate of drug-likeness (QED) is 0.783. The fourth-order valence-corrected chi connectivity index (χ4v) is 1.73. The summed E-state index contributed by atoms with van der Waals surface area (Å²) in [5.74, 6) is 0.374. The molecule has 17 heavy (non-hydrogen) atoms. The summed E-state index contributed by atoms with van der Waals surface area (Å²) >= 11 is 5.81. The summed E-state index contributed by atoms with van der Waals surface area (Å²) in [5, 5.41) is 0.366. The topological polar surface area (TPSA) is 29.0 Å². The normalized spacial score (nSPS) is 10.3. The highest BCUT2D eigenvalue weighted by Crippen LogP contribution is 2.24. The van der Waals surface area contributed by atoms with Crippen LogP contribution in [0.2, 0.25) is 5.15 Å². The van der Waals surface area contributed by atoms with E-state index in [0.29, 0.717) is 17.5 Å². The molecular weight excluding hydrogens is 241 g/mol. The number of nitrogens with zero attached hydrogens (tertiary/aromatic N) is 3. The molecule has 0 fully saturated rings. The molecule has 0 aliphatic heterocycles. The Labute approximate surface area is 104 Å². The fourth-order valence-electron chi connectivity index (χ4n) is 1.59. The van der Waals surface area contributed by atoms with Crippen molar-refractivity contribution in [2.24, 2.45) is 0 Å². The van der Waals surface area contributed by atoms with Crippen LogP contribution in [0.5, 0.6) is 0 Å². The Hall–Kier alpha value is -1.68. The third-order valence-corrected chi connectivity index (χ3v) is 2.54. The van der Waals surface area contributed by atoms with Crippen molar-refractivity contribution in [2.75, 3.05) is 11.4 Å². The Morgan fingerprint density at radius 2 is 2.12 bits per heavy atom. The minimum atomic E-state index is -0.277. The standard InChI is InChI=1S/C12H11ClFN3/c1-2-17(10-5-3-4-9(14)6-10)12-7-11(13)15-8-16-12/h3-8H,2H2,1H3. The highest BCUT2D eigenvalue weighted by molar-refractivity contribution is 6.29. The van der Waals surface area contributed by atoms with Gasteiger partial charge in [0.05, 0.1) is 0 Å². The van der Waals surface area contributed by atoms with Crippen molar-refractivity contribution in [3.05, 3.63) is 47.6 Å². The molecule has 1 aromatic heterocycles. The third kappa shape index (κ3) is 2.71. The first-order valence-corrected chi connectivity index (χ1v) is 5.59. The van der Waals surface area contributed by atoms with Crippen LogP contribution in [0.25, 0.3) is 0 Å². The van der Waals surface area contributed by atoms with Gasteiger partial charge >= 0.3 is 0 Å². The second-order valence-electron chi connectivity index (χ2n) is 3.42. The number of benzene rings is 1. The molecule has 0 saturated carbocycles. The summed E-state index contributed by atoms with van der Waals surface area (Å²) < 4.78 is 13.2. The summed E-state index contributed by atoms with van der Waals surface area (Å²) in [6.07, 6.45) is 1.39. The minimum absolute atomic E-state index is 0.277. The Morgan fingerprint density at radius 3 is 2.76 bits per heavy atom. The smallest absolute Gasteiger partial charge is 0.137 e. The molecule has 0 radical (unpaired) electrons. The zero-order valence-electron chi connectivity index (χ0n) is 9.27. The SMILES string of the molecule is CCN(c1cccc(F)c1)c1cc(Cl)ncn1. The number of hydrogen-bond donors (Lipinski definition) is 0. The zero-order valence-corrected chi connectivity index (χ0v) is 10.0. The Kier molecular flexibility index (Phi) is 3.54. The Morgan fingerprint density at radius 1 is 1.29 bits per heavy atom. The van der Waals surface area contributed by atoms with E-state index in [4.69, 9.17) is 11.6 Å². The number of hydrogen-bond acceptors (Lipinski definition) is 3. The van der Waals surface area contributed by atoms with Crippen LogP contribution in [0.3, 0.4) is 0 Å². The largest absolute Gasteiger partial charge is 0.326 e. The highest BCUT2D eigenvalue weighted by atomic mass is 35.5. The number of rotatable bonds is 3. The Bertz CT molecular complexity index is 473. The summed E-state index contributed by atoms with van der Waals surface area (Å²) in [7, 11) is 0. The van der Waals surface area contributed by atoms with Gasteiger partial charge in [-0.05, 0) is 25.1 Å². The van der Waals surface area contributed by atoms with Gasteiger partial charge in [-0.3, -0.25) is 0 Å². The summed E-state index contributed by atoms with van der Waals surface area (Å²) in [6, 6.07) is 8.00. The fraction of sp³-hybridized carbons (Fsp3) is 0.167. The lowest BCUT2D eigenvalue weighted by molar-refractivity contribution is 0.627. The lowest BCUT2D eigenvalue weighted by Crippen LogP contribution is -2.17. The van der Waals surface area contributed by atoms with E-state index in [1.54, 1.807) is 12.1 Å². The van der Waals surface area contributed by atoms with Crippen LogP contribution < -0.4 is 4.90 Å². The molecule has 0 bridgehead atoms. The molecule has 0 atom stereocenters. The minimum Gasteiger partial charge on any atom is -0.326 e. The van der Waals surface area contributed by atoms with E-state index >= 15 is 0 Å². The van der Waals surface area contributed by atoms with E-state index in [1.165, 1.54) is 18.5 Å². The van der Waals surface area contributed by atoms with Crippen molar-refractivity contribution in [3.8, 4) is 0 Å². The van der Waals surface area contributed by atoms with Crippen molar-refractivity contribution in [3.63, 3.8) is 0 Å². The van der Waals surface area contributed by atoms with Crippen LogP contribution in [-0.2, 0) is 0 Å². The van der Waals surface area contributed by atoms with E-state index in [-0.39, 0.29) is 5.82 Å². The molecule has 2 aromatic rings. The van der Waals surface area contributed by atoms with Gasteiger partial charge in [0.25, 0.3) is 0 Å². The maximum atomic E-state index is 13.2. The lowest BCUT2D eigenvalue weighted by atomic mass is 10.2. The summed E-state index contributed by atoms with van der Waals surface area (Å²) in [4.78, 5) is 9.80. The average molecular weight is 252 g/mol. The molecule has 88 valence electrons. The van der Waals surface area contributed by atoms with Gasteiger partial charge in [-0.2, -0.15) is 0 Å². The second-order valence-corrected chi connectivity index (χ2v) is 3.81. The number of aromatic nitrogens is 2. The molecule has 5 heteroatoms. The average Bonchev–Trinajstić information content (AvgIpc) is 2.30. The van der Waals surface area contributed by atoms with E-state index in [9.17, 15) is 4.39 Å². The molecular formula is C12H11ClFN3. The van der Waals surface area contributed by atoms with E-state index in [0.717, 1.165) is 5.69 Å². The van der Waals surface area contributed by atoms with Crippen LogP contribution in [-0.4, -0.2) is 16.5 Å². The van der Waals surface area contributed by atoms with Gasteiger partial charge in [0.2, 0.25) is 0 Å². The van der Waals surface area contributed by atoms with Crippen LogP contribution in [0.15, 0.2) is 36.7 Å². The molecule has 0 aliphatic carbocycles. The van der Waals surface area contributed by atoms with Gasteiger partial charge in [-0.25, -0.2) is 14.4 Å². The highest BCUT2D eigenvalue weighted by Gasteiger charge is 2.09. The summed E-state index contributed by atoms with van der Waals surface area (Å²) in [5.41, 5.74) is 0.738. The van der Waals surface area contributed by atoms with Crippen LogP contribution in [0, 0.1) is 5.82 Å². The molecule has 0 aliphatic rings. The van der Waals surface area contributed by atoms with Gasteiger partial charge in [0.1, 0.15) is 23.1 Å². The van der Waals surface area contributed by atoms with Crippen molar-refractivity contribution in [1.82, 2.24) is 9.97 Å². The van der Waals surface area contributed by atoms with Crippen LogP contribution >= 0.6 is 11.6 Å². The lowest BCUT2D eigenvalue weighted by Gasteiger charge is -2.21. The molecule has 2 rings (SSSR count). The molecule has 0 N–H and O–H groups in total. The Balaban J connectivity index is 2.40. The molecule has 1 aromatic carbocycles. The maximum Gasteiger partial charge on any atom is 0.137 e. The first-order valence-electron chi connectivity index (χ1n) is 5.21. The summed E-state index contributed by atoms with van der Waals surface area (Å²) in [6.45, 7) is 2.62. The van der Waals surface area contributed by atoms with E-state index in [2.05, 4.69) is 9.97 Å². The van der Waals surface area contributed by atoms with Crippen molar-refractivity contribution in [1.29, 1.82) is 0 Å². The zero-order chi connectivity index (χ0) is 12.3. The monoisotopic (exact) mass is 251 g/mol. The van der Waals surface area contributed by atoms with Crippen LogP contribution in [0.4, 0.5) is 15.9 Å². The molecule has 0 unspecified atom stereocenters. The second kappa shape index (κ2) is 5.10. The van der Waals surface area contributed by atoms with Gasteiger partial charge < -0.3 is 4.90 Å². The molecule has 1 heterocycles. The van der Waals surface area contributed by atoms with E-state index in [1.807, 2.05) is 17.9 Å². The first kappa shape index (κ1) is 11.8. The molecule has 0 amide bonds. The predicted octanol–water partition coefficient (Wildman–Crippen LogP) is 3.43.